The molecule has 1 aliphatic carbocycles. The molecule has 0 saturated heterocycles. The SMILES string of the molecule is CCCCn1c(-c2ccccc2)nc(-c2ccccc2)c1CN(Cc1ccc(C(F)(F)F)cc1)CC1CCCCC1. The van der Waals surface area contributed by atoms with Gasteiger partial charge in [0.05, 0.1) is 17.0 Å². The lowest BCUT2D eigenvalue weighted by atomic mass is 9.89. The van der Waals surface area contributed by atoms with E-state index in [0.717, 1.165) is 54.1 Å². The summed E-state index contributed by atoms with van der Waals surface area (Å²) in [6.45, 7) is 5.28. The van der Waals surface area contributed by atoms with Crippen molar-refractivity contribution in [1.82, 2.24) is 14.5 Å². The number of hydrogen-bond donors (Lipinski definition) is 0. The van der Waals surface area contributed by atoms with Crippen LogP contribution in [0.2, 0.25) is 0 Å². The number of alkyl halides is 3. The molecule has 1 saturated carbocycles. The molecule has 5 rings (SSSR count). The summed E-state index contributed by atoms with van der Waals surface area (Å²) >= 11 is 0. The highest BCUT2D eigenvalue weighted by Gasteiger charge is 2.30. The molecule has 3 aromatic carbocycles. The fraction of sp³-hybridized carbons (Fsp3) is 0.400. The molecule has 216 valence electrons. The highest BCUT2D eigenvalue weighted by Crippen LogP contribution is 2.33. The van der Waals surface area contributed by atoms with Crippen LogP contribution in [0.25, 0.3) is 22.6 Å². The zero-order chi connectivity index (χ0) is 28.7. The predicted molar refractivity (Wildman–Crippen MR) is 160 cm³/mol. The van der Waals surface area contributed by atoms with Gasteiger partial charge in [-0.1, -0.05) is 105 Å². The molecule has 0 bridgehead atoms. The summed E-state index contributed by atoms with van der Waals surface area (Å²) in [6.07, 6.45) is 3.99. The Bertz CT molecular complexity index is 1360. The molecule has 4 aromatic rings. The Morgan fingerprint density at radius 3 is 2.05 bits per heavy atom. The van der Waals surface area contributed by atoms with Gasteiger partial charge in [0.15, 0.2) is 0 Å². The summed E-state index contributed by atoms with van der Waals surface area (Å²) in [6, 6.07) is 26.4. The van der Waals surface area contributed by atoms with Crippen LogP contribution in [0.4, 0.5) is 13.2 Å². The molecule has 0 spiro atoms. The van der Waals surface area contributed by atoms with Crippen molar-refractivity contribution in [1.29, 1.82) is 0 Å². The van der Waals surface area contributed by atoms with Crippen LogP contribution in [-0.2, 0) is 25.8 Å². The van der Waals surface area contributed by atoms with Crippen LogP contribution in [0.5, 0.6) is 0 Å². The van der Waals surface area contributed by atoms with Crippen LogP contribution in [0.15, 0.2) is 84.9 Å². The number of aromatic nitrogens is 2. The van der Waals surface area contributed by atoms with Gasteiger partial charge in [-0.3, -0.25) is 4.90 Å². The van der Waals surface area contributed by atoms with Gasteiger partial charge in [0, 0.05) is 37.3 Å². The maximum atomic E-state index is 13.3. The lowest BCUT2D eigenvalue weighted by molar-refractivity contribution is -0.137. The highest BCUT2D eigenvalue weighted by molar-refractivity contribution is 5.68. The number of rotatable bonds is 11. The van der Waals surface area contributed by atoms with E-state index in [-0.39, 0.29) is 0 Å². The molecular formula is C35H40F3N3. The van der Waals surface area contributed by atoms with Crippen LogP contribution in [-0.4, -0.2) is 21.0 Å². The Morgan fingerprint density at radius 2 is 1.44 bits per heavy atom. The molecule has 1 aromatic heterocycles. The smallest absolute Gasteiger partial charge is 0.326 e. The molecule has 0 atom stereocenters. The second-order valence-electron chi connectivity index (χ2n) is 11.3. The summed E-state index contributed by atoms with van der Waals surface area (Å²) in [5.41, 5.74) is 4.64. The second-order valence-corrected chi connectivity index (χ2v) is 11.3. The topological polar surface area (TPSA) is 21.1 Å². The average Bonchev–Trinajstić information content (AvgIpc) is 3.35. The summed E-state index contributed by atoms with van der Waals surface area (Å²) in [5, 5.41) is 0. The minimum Gasteiger partial charge on any atom is -0.326 e. The normalized spacial score (nSPS) is 14.6. The van der Waals surface area contributed by atoms with Gasteiger partial charge >= 0.3 is 6.18 Å². The maximum absolute atomic E-state index is 13.3. The van der Waals surface area contributed by atoms with Gasteiger partial charge < -0.3 is 4.57 Å². The summed E-state index contributed by atoms with van der Waals surface area (Å²) < 4.78 is 42.1. The third-order valence-electron chi connectivity index (χ3n) is 8.19. The van der Waals surface area contributed by atoms with E-state index < -0.39 is 11.7 Å². The Morgan fingerprint density at radius 1 is 0.805 bits per heavy atom. The molecule has 1 fully saturated rings. The predicted octanol–water partition coefficient (Wildman–Crippen LogP) is 9.62. The number of hydrogen-bond acceptors (Lipinski definition) is 2. The molecule has 0 unspecified atom stereocenters. The Hall–Kier alpha value is -3.38. The fourth-order valence-corrected chi connectivity index (χ4v) is 6.03. The lowest BCUT2D eigenvalue weighted by Crippen LogP contribution is -2.31. The second kappa shape index (κ2) is 13.5. The first-order valence-electron chi connectivity index (χ1n) is 15.0. The molecule has 0 amide bonds. The van der Waals surface area contributed by atoms with Crippen molar-refractivity contribution in [2.45, 2.75) is 77.7 Å². The van der Waals surface area contributed by atoms with Crippen molar-refractivity contribution in [3.63, 3.8) is 0 Å². The Kier molecular flexibility index (Phi) is 9.60. The first-order chi connectivity index (χ1) is 19.9. The van der Waals surface area contributed by atoms with Crippen LogP contribution in [0.1, 0.15) is 68.7 Å². The third kappa shape index (κ3) is 7.48. The van der Waals surface area contributed by atoms with Gasteiger partial charge in [-0.25, -0.2) is 4.98 Å². The van der Waals surface area contributed by atoms with Gasteiger partial charge in [0.25, 0.3) is 0 Å². The van der Waals surface area contributed by atoms with Crippen LogP contribution in [0.3, 0.4) is 0 Å². The molecule has 1 heterocycles. The first-order valence-corrected chi connectivity index (χ1v) is 15.0. The minimum absolute atomic E-state index is 0.596. The summed E-state index contributed by atoms with van der Waals surface area (Å²) in [7, 11) is 0. The molecular weight excluding hydrogens is 519 g/mol. The van der Waals surface area contributed by atoms with E-state index >= 15 is 0 Å². The Labute approximate surface area is 242 Å². The largest absolute Gasteiger partial charge is 0.416 e. The van der Waals surface area contributed by atoms with Gasteiger partial charge in [-0.15, -0.1) is 0 Å². The minimum atomic E-state index is -4.33. The molecule has 0 N–H and O–H groups in total. The zero-order valence-corrected chi connectivity index (χ0v) is 23.9. The van der Waals surface area contributed by atoms with Gasteiger partial charge in [-0.05, 0) is 42.9 Å². The lowest BCUT2D eigenvalue weighted by Gasteiger charge is -2.30. The molecule has 0 radical (unpaired) electrons. The first kappa shape index (κ1) is 29.1. The van der Waals surface area contributed by atoms with Crippen LogP contribution in [0, 0.1) is 5.92 Å². The van der Waals surface area contributed by atoms with E-state index in [1.165, 1.54) is 49.9 Å². The quantitative estimate of drug-likeness (QED) is 0.182. The number of benzene rings is 3. The van der Waals surface area contributed by atoms with Gasteiger partial charge in [0.2, 0.25) is 0 Å². The molecule has 41 heavy (non-hydrogen) atoms. The van der Waals surface area contributed by atoms with Crippen molar-refractivity contribution in [2.24, 2.45) is 5.92 Å². The van der Waals surface area contributed by atoms with Crippen molar-refractivity contribution in [3.05, 3.63) is 102 Å². The van der Waals surface area contributed by atoms with Crippen molar-refractivity contribution in [2.75, 3.05) is 6.54 Å². The van der Waals surface area contributed by atoms with Gasteiger partial charge in [-0.2, -0.15) is 13.2 Å². The van der Waals surface area contributed by atoms with Crippen molar-refractivity contribution < 1.29 is 13.2 Å². The summed E-state index contributed by atoms with van der Waals surface area (Å²) in [5.74, 6) is 1.57. The van der Waals surface area contributed by atoms with E-state index in [9.17, 15) is 13.2 Å². The van der Waals surface area contributed by atoms with E-state index in [1.54, 1.807) is 12.1 Å². The van der Waals surface area contributed by atoms with E-state index in [2.05, 4.69) is 52.8 Å². The Balaban J connectivity index is 1.55. The number of halogens is 3. The summed E-state index contributed by atoms with van der Waals surface area (Å²) in [4.78, 5) is 7.70. The van der Waals surface area contributed by atoms with E-state index in [0.29, 0.717) is 19.0 Å². The van der Waals surface area contributed by atoms with E-state index in [4.69, 9.17) is 4.98 Å². The monoisotopic (exact) mass is 559 g/mol. The van der Waals surface area contributed by atoms with Crippen LogP contribution < -0.4 is 0 Å². The number of imidazole rings is 1. The van der Waals surface area contributed by atoms with Gasteiger partial charge in [0.1, 0.15) is 5.82 Å². The maximum Gasteiger partial charge on any atom is 0.416 e. The van der Waals surface area contributed by atoms with Crippen molar-refractivity contribution in [3.8, 4) is 22.6 Å². The van der Waals surface area contributed by atoms with Crippen molar-refractivity contribution >= 4 is 0 Å². The van der Waals surface area contributed by atoms with E-state index in [1.807, 2.05) is 24.3 Å². The molecule has 6 heteroatoms. The molecule has 3 nitrogen and oxygen atoms in total. The fourth-order valence-electron chi connectivity index (χ4n) is 6.03. The standard InChI is InChI=1S/C35H40F3N3/c1-2-3-23-41-32(33(29-15-9-5-10-16-29)39-34(41)30-17-11-6-12-18-30)26-40(24-27-13-7-4-8-14-27)25-28-19-21-31(22-20-28)35(36,37)38/h5-6,9-12,15-22,27H,2-4,7-8,13-14,23-26H2,1H3. The number of unbranched alkanes of at least 4 members (excludes halogenated alkanes) is 1. The molecule has 0 aliphatic heterocycles. The average molecular weight is 560 g/mol. The van der Waals surface area contributed by atoms with Crippen LogP contribution >= 0.6 is 0 Å². The zero-order valence-electron chi connectivity index (χ0n) is 23.9. The number of nitrogens with zero attached hydrogens (tertiary/aromatic N) is 3. The highest BCUT2D eigenvalue weighted by atomic mass is 19.4. The molecule has 1 aliphatic rings. The third-order valence-corrected chi connectivity index (χ3v) is 8.19.